The van der Waals surface area contributed by atoms with Crippen molar-refractivity contribution in [3.8, 4) is 0 Å². The molecule has 0 saturated carbocycles. The number of hydrogen-bond acceptors (Lipinski definition) is 5. The minimum Gasteiger partial charge on any atom is -0.389 e. The summed E-state index contributed by atoms with van der Waals surface area (Å²) >= 11 is 0. The molecule has 108 valence electrons. The average molecular weight is 278 g/mol. The molecule has 1 amide bonds. The van der Waals surface area contributed by atoms with Crippen LogP contribution in [0.25, 0.3) is 0 Å². The van der Waals surface area contributed by atoms with Crippen LogP contribution < -0.4 is 9.80 Å². The molecule has 1 unspecified atom stereocenters. The molecule has 1 aromatic rings. The van der Waals surface area contributed by atoms with Crippen molar-refractivity contribution < 1.29 is 19.4 Å². The molecule has 0 fully saturated rings. The van der Waals surface area contributed by atoms with Gasteiger partial charge in [-0.15, -0.1) is 0 Å². The number of fused-ring (bicyclic) bond motifs is 1. The lowest BCUT2D eigenvalue weighted by Gasteiger charge is -2.23. The number of aliphatic hydroxyl groups is 1. The summed E-state index contributed by atoms with van der Waals surface area (Å²) in [6.07, 6.45) is -0.598. The summed E-state index contributed by atoms with van der Waals surface area (Å²) in [6, 6.07) is 5.19. The number of likely N-dealkylation sites (N-methyl/N-ethyl adjacent to an activating group) is 2. The fraction of sp³-hybridized carbons (Fsp3) is 0.429. The van der Waals surface area contributed by atoms with Gasteiger partial charge in [0.25, 0.3) is 11.7 Å². The zero-order valence-electron chi connectivity index (χ0n) is 11.8. The molecule has 6 heteroatoms. The van der Waals surface area contributed by atoms with Crippen LogP contribution in [0.2, 0.25) is 0 Å². The standard InChI is InChI=1S/C14H18N2O4/c1-15(7-10(17)8-20-3)9-4-5-11-12(6-9)16(2)14(19)13(11)18/h4-6,10,17H,7-8H2,1-3H3. The maximum atomic E-state index is 11.7. The van der Waals surface area contributed by atoms with E-state index < -0.39 is 17.8 Å². The van der Waals surface area contributed by atoms with Gasteiger partial charge < -0.3 is 19.6 Å². The normalized spacial score (nSPS) is 15.5. The fourth-order valence-electron chi connectivity index (χ4n) is 2.27. The fourth-order valence-corrected chi connectivity index (χ4v) is 2.27. The van der Waals surface area contributed by atoms with Gasteiger partial charge in [0.2, 0.25) is 0 Å². The molecule has 1 N–H and O–H groups in total. The largest absolute Gasteiger partial charge is 0.389 e. The predicted octanol–water partition coefficient (Wildman–Crippen LogP) is 0.289. The molecule has 1 aliphatic rings. The third kappa shape index (κ3) is 2.52. The molecule has 6 nitrogen and oxygen atoms in total. The second-order valence-electron chi connectivity index (χ2n) is 4.88. The van der Waals surface area contributed by atoms with Gasteiger partial charge in [-0.1, -0.05) is 0 Å². The van der Waals surface area contributed by atoms with E-state index in [9.17, 15) is 14.7 Å². The zero-order chi connectivity index (χ0) is 14.9. The third-order valence-corrected chi connectivity index (χ3v) is 3.37. The molecule has 1 aromatic carbocycles. The Kier molecular flexibility index (Phi) is 4.06. The Morgan fingerprint density at radius 3 is 2.75 bits per heavy atom. The van der Waals surface area contributed by atoms with Crippen LogP contribution in [-0.2, 0) is 9.53 Å². The molecular formula is C14H18N2O4. The Labute approximate surface area is 117 Å². The van der Waals surface area contributed by atoms with Gasteiger partial charge in [-0.25, -0.2) is 0 Å². The number of Topliss-reactive ketones (excluding diaryl/α,β-unsaturated/α-hetero) is 1. The van der Waals surface area contributed by atoms with E-state index >= 15 is 0 Å². The van der Waals surface area contributed by atoms with E-state index in [-0.39, 0.29) is 6.61 Å². The summed E-state index contributed by atoms with van der Waals surface area (Å²) in [5.41, 5.74) is 1.85. The second kappa shape index (κ2) is 5.60. The van der Waals surface area contributed by atoms with Gasteiger partial charge in [-0.3, -0.25) is 9.59 Å². The van der Waals surface area contributed by atoms with Crippen molar-refractivity contribution >= 4 is 23.1 Å². The van der Waals surface area contributed by atoms with E-state index in [1.165, 1.54) is 12.0 Å². The van der Waals surface area contributed by atoms with Crippen molar-refractivity contribution in [1.29, 1.82) is 0 Å². The van der Waals surface area contributed by atoms with Crippen molar-refractivity contribution in [3.05, 3.63) is 23.8 Å². The first-order chi connectivity index (χ1) is 9.45. The number of carbonyl (C=O) groups excluding carboxylic acids is 2. The van der Waals surface area contributed by atoms with Crippen LogP contribution in [0.4, 0.5) is 11.4 Å². The summed E-state index contributed by atoms with van der Waals surface area (Å²) in [4.78, 5) is 26.5. The number of aliphatic hydroxyl groups excluding tert-OH is 1. The third-order valence-electron chi connectivity index (χ3n) is 3.37. The molecule has 0 spiro atoms. The molecule has 0 radical (unpaired) electrons. The lowest BCUT2D eigenvalue weighted by Crippen LogP contribution is -2.32. The van der Waals surface area contributed by atoms with Gasteiger partial charge in [0.1, 0.15) is 0 Å². The molecule has 1 heterocycles. The summed E-state index contributed by atoms with van der Waals surface area (Å²) < 4.78 is 4.89. The molecule has 1 aliphatic heterocycles. The Morgan fingerprint density at radius 2 is 2.10 bits per heavy atom. The van der Waals surface area contributed by atoms with Crippen LogP contribution in [-0.4, -0.2) is 57.3 Å². The van der Waals surface area contributed by atoms with Crippen LogP contribution in [0.1, 0.15) is 10.4 Å². The monoisotopic (exact) mass is 278 g/mol. The highest BCUT2D eigenvalue weighted by atomic mass is 16.5. The lowest BCUT2D eigenvalue weighted by molar-refractivity contribution is -0.114. The minimum atomic E-state index is -0.598. The molecular weight excluding hydrogens is 260 g/mol. The molecule has 0 aliphatic carbocycles. The number of nitrogens with zero attached hydrogens (tertiary/aromatic N) is 2. The van der Waals surface area contributed by atoms with Crippen LogP contribution >= 0.6 is 0 Å². The van der Waals surface area contributed by atoms with E-state index in [4.69, 9.17) is 4.74 Å². The average Bonchev–Trinajstić information content (AvgIpc) is 2.64. The van der Waals surface area contributed by atoms with Gasteiger partial charge in [-0.05, 0) is 18.2 Å². The first-order valence-corrected chi connectivity index (χ1v) is 6.30. The summed E-state index contributed by atoms with van der Waals surface area (Å²) in [5, 5.41) is 9.73. The number of ketones is 1. The Bertz CT molecular complexity index is 544. The first-order valence-electron chi connectivity index (χ1n) is 6.30. The van der Waals surface area contributed by atoms with Crippen molar-refractivity contribution in [3.63, 3.8) is 0 Å². The van der Waals surface area contributed by atoms with Gasteiger partial charge >= 0.3 is 0 Å². The smallest absolute Gasteiger partial charge is 0.299 e. The van der Waals surface area contributed by atoms with Crippen LogP contribution in [0.5, 0.6) is 0 Å². The van der Waals surface area contributed by atoms with Crippen LogP contribution in [0.3, 0.4) is 0 Å². The minimum absolute atomic E-state index is 0.256. The van der Waals surface area contributed by atoms with E-state index in [1.54, 1.807) is 25.2 Å². The van der Waals surface area contributed by atoms with Gasteiger partial charge in [-0.2, -0.15) is 0 Å². The van der Waals surface area contributed by atoms with E-state index in [0.717, 1.165) is 5.69 Å². The number of methoxy groups -OCH3 is 1. The quantitative estimate of drug-likeness (QED) is 0.784. The lowest BCUT2D eigenvalue weighted by atomic mass is 10.1. The highest BCUT2D eigenvalue weighted by Gasteiger charge is 2.33. The number of rotatable bonds is 5. The Balaban J connectivity index is 2.20. The summed E-state index contributed by atoms with van der Waals surface area (Å²) in [7, 11) is 4.94. The van der Waals surface area contributed by atoms with Crippen molar-refractivity contribution in [2.24, 2.45) is 0 Å². The van der Waals surface area contributed by atoms with Crippen molar-refractivity contribution in [2.45, 2.75) is 6.10 Å². The SMILES string of the molecule is COCC(O)CN(C)c1ccc2c(c1)N(C)C(=O)C2=O. The number of carbonyl (C=O) groups is 2. The maximum Gasteiger partial charge on any atom is 0.299 e. The summed E-state index contributed by atoms with van der Waals surface area (Å²) in [5.74, 6) is -0.990. The Hall–Kier alpha value is -1.92. The number of ether oxygens (including phenoxy) is 1. The summed E-state index contributed by atoms with van der Waals surface area (Å²) in [6.45, 7) is 0.657. The molecule has 0 saturated heterocycles. The van der Waals surface area contributed by atoms with E-state index in [0.29, 0.717) is 17.8 Å². The van der Waals surface area contributed by atoms with Crippen LogP contribution in [0, 0.1) is 0 Å². The Morgan fingerprint density at radius 1 is 1.40 bits per heavy atom. The van der Waals surface area contributed by atoms with Gasteiger partial charge in [0.15, 0.2) is 0 Å². The number of benzene rings is 1. The van der Waals surface area contributed by atoms with Crippen molar-refractivity contribution in [1.82, 2.24) is 0 Å². The highest BCUT2D eigenvalue weighted by Crippen LogP contribution is 2.31. The maximum absolute atomic E-state index is 11.7. The molecule has 1 atom stereocenters. The molecule has 20 heavy (non-hydrogen) atoms. The number of amides is 1. The topological polar surface area (TPSA) is 70.1 Å². The van der Waals surface area contributed by atoms with Crippen LogP contribution in [0.15, 0.2) is 18.2 Å². The second-order valence-corrected chi connectivity index (χ2v) is 4.88. The highest BCUT2D eigenvalue weighted by molar-refractivity contribution is 6.52. The van der Waals surface area contributed by atoms with E-state index in [2.05, 4.69) is 0 Å². The van der Waals surface area contributed by atoms with Gasteiger partial charge in [0.05, 0.1) is 24.0 Å². The van der Waals surface area contributed by atoms with E-state index in [1.807, 2.05) is 11.9 Å². The van der Waals surface area contributed by atoms with Crippen molar-refractivity contribution in [2.75, 3.05) is 44.2 Å². The molecule has 2 rings (SSSR count). The molecule has 0 aromatic heterocycles. The first kappa shape index (κ1) is 14.5. The number of anilines is 2. The van der Waals surface area contributed by atoms with Gasteiger partial charge in [0, 0.05) is 33.4 Å². The zero-order valence-corrected chi connectivity index (χ0v) is 11.8. The predicted molar refractivity (Wildman–Crippen MR) is 75.3 cm³/mol. The molecule has 0 bridgehead atoms. The number of hydrogen-bond donors (Lipinski definition) is 1.